The van der Waals surface area contributed by atoms with Gasteiger partial charge in [0, 0.05) is 12.7 Å². The van der Waals surface area contributed by atoms with Crippen molar-refractivity contribution in [3.63, 3.8) is 0 Å². The topological polar surface area (TPSA) is 53.8 Å². The minimum atomic E-state index is 0.158. The Bertz CT molecular complexity index is 214. The second-order valence-corrected chi connectivity index (χ2v) is 3.81. The average Bonchev–Trinajstić information content (AvgIpc) is 2.53. The molecular weight excluding hydrogens is 150 g/mol. The van der Waals surface area contributed by atoms with Gasteiger partial charge in [-0.05, 0) is 24.1 Å². The van der Waals surface area contributed by atoms with Gasteiger partial charge in [-0.25, -0.2) is 0 Å². The first-order valence-electron chi connectivity index (χ1n) is 4.21. The Morgan fingerprint density at radius 2 is 2.33 bits per heavy atom. The van der Waals surface area contributed by atoms with Crippen molar-refractivity contribution in [2.45, 2.75) is 13.8 Å². The quantitative estimate of drug-likeness (QED) is 0.635. The van der Waals surface area contributed by atoms with Gasteiger partial charge in [-0.1, -0.05) is 13.8 Å². The van der Waals surface area contributed by atoms with Crippen LogP contribution in [-0.4, -0.2) is 18.1 Å². The molecule has 0 aliphatic carbocycles. The van der Waals surface area contributed by atoms with E-state index in [1.807, 2.05) is 18.3 Å². The Morgan fingerprint density at radius 3 is 2.83 bits per heavy atom. The molecule has 68 valence electrons. The van der Waals surface area contributed by atoms with E-state index in [2.05, 4.69) is 24.1 Å². The van der Waals surface area contributed by atoms with E-state index in [4.69, 9.17) is 5.73 Å². The second kappa shape index (κ2) is 3.63. The van der Waals surface area contributed by atoms with Crippen LogP contribution in [0.15, 0.2) is 18.3 Å². The van der Waals surface area contributed by atoms with E-state index in [1.54, 1.807) is 0 Å². The summed E-state index contributed by atoms with van der Waals surface area (Å²) in [6.45, 7) is 5.87. The van der Waals surface area contributed by atoms with Gasteiger partial charge < -0.3 is 16.0 Å². The van der Waals surface area contributed by atoms with Crippen molar-refractivity contribution in [1.82, 2.24) is 4.98 Å². The van der Waals surface area contributed by atoms with Gasteiger partial charge in [0.25, 0.3) is 0 Å². The lowest BCUT2D eigenvalue weighted by Crippen LogP contribution is -2.31. The van der Waals surface area contributed by atoms with Crippen LogP contribution in [0.5, 0.6) is 0 Å². The van der Waals surface area contributed by atoms with E-state index >= 15 is 0 Å². The third-order valence-electron chi connectivity index (χ3n) is 1.91. The maximum absolute atomic E-state index is 5.60. The summed E-state index contributed by atoms with van der Waals surface area (Å²) < 4.78 is 0. The Kier molecular flexibility index (Phi) is 2.76. The number of hydrogen-bond donors (Lipinski definition) is 3. The molecule has 0 aromatic carbocycles. The van der Waals surface area contributed by atoms with E-state index in [1.165, 1.54) is 0 Å². The van der Waals surface area contributed by atoms with Crippen LogP contribution < -0.4 is 11.1 Å². The second-order valence-electron chi connectivity index (χ2n) is 3.81. The smallest absolute Gasteiger partial charge is 0.103 e. The van der Waals surface area contributed by atoms with Crippen molar-refractivity contribution >= 4 is 5.82 Å². The van der Waals surface area contributed by atoms with Crippen molar-refractivity contribution in [3.05, 3.63) is 18.3 Å². The van der Waals surface area contributed by atoms with Gasteiger partial charge in [-0.3, -0.25) is 0 Å². The molecule has 0 amide bonds. The molecule has 0 bridgehead atoms. The molecule has 1 aromatic rings. The van der Waals surface area contributed by atoms with Crippen molar-refractivity contribution in [3.8, 4) is 0 Å². The summed E-state index contributed by atoms with van der Waals surface area (Å²) in [6.07, 6.45) is 1.90. The summed E-state index contributed by atoms with van der Waals surface area (Å²) in [5.41, 5.74) is 5.75. The zero-order valence-electron chi connectivity index (χ0n) is 7.72. The van der Waals surface area contributed by atoms with Crippen LogP contribution in [0.3, 0.4) is 0 Å². The molecule has 12 heavy (non-hydrogen) atoms. The predicted octanol–water partition coefficient (Wildman–Crippen LogP) is 1.41. The van der Waals surface area contributed by atoms with Gasteiger partial charge in [0.15, 0.2) is 0 Å². The normalized spacial score (nSPS) is 11.6. The Morgan fingerprint density at radius 1 is 1.58 bits per heavy atom. The van der Waals surface area contributed by atoms with E-state index in [0.717, 1.165) is 12.4 Å². The number of nitrogens with two attached hydrogens (primary N) is 1. The van der Waals surface area contributed by atoms with E-state index < -0.39 is 0 Å². The van der Waals surface area contributed by atoms with Crippen molar-refractivity contribution in [2.75, 3.05) is 18.4 Å². The van der Waals surface area contributed by atoms with Gasteiger partial charge in [0.2, 0.25) is 0 Å². The monoisotopic (exact) mass is 167 g/mol. The molecule has 1 aromatic heterocycles. The maximum atomic E-state index is 5.60. The predicted molar refractivity (Wildman–Crippen MR) is 52.1 cm³/mol. The summed E-state index contributed by atoms with van der Waals surface area (Å²) in [5.74, 6) is 1.05. The molecule has 3 heteroatoms. The highest BCUT2D eigenvalue weighted by atomic mass is 15.0. The number of anilines is 1. The average molecular weight is 167 g/mol. The van der Waals surface area contributed by atoms with E-state index in [0.29, 0.717) is 6.54 Å². The highest BCUT2D eigenvalue weighted by Gasteiger charge is 2.14. The highest BCUT2D eigenvalue weighted by molar-refractivity contribution is 5.34. The Hall–Kier alpha value is -0.960. The number of nitrogens with one attached hydrogen (secondary N) is 2. The lowest BCUT2D eigenvalue weighted by atomic mass is 9.94. The Labute approximate surface area is 73.4 Å². The number of aromatic amines is 1. The zero-order valence-corrected chi connectivity index (χ0v) is 7.72. The number of hydrogen-bond acceptors (Lipinski definition) is 2. The summed E-state index contributed by atoms with van der Waals surface area (Å²) in [6, 6.07) is 3.98. The molecule has 0 spiro atoms. The minimum Gasteiger partial charge on any atom is -0.371 e. The van der Waals surface area contributed by atoms with Crippen molar-refractivity contribution in [1.29, 1.82) is 0 Å². The van der Waals surface area contributed by atoms with Crippen LogP contribution in [0.1, 0.15) is 13.8 Å². The van der Waals surface area contributed by atoms with Gasteiger partial charge in [-0.2, -0.15) is 0 Å². The fourth-order valence-corrected chi connectivity index (χ4v) is 0.847. The van der Waals surface area contributed by atoms with Crippen LogP contribution >= 0.6 is 0 Å². The largest absolute Gasteiger partial charge is 0.371 e. The van der Waals surface area contributed by atoms with Gasteiger partial charge in [0.1, 0.15) is 5.82 Å². The van der Waals surface area contributed by atoms with Crippen LogP contribution in [0.25, 0.3) is 0 Å². The number of H-pyrrole nitrogens is 1. The lowest BCUT2D eigenvalue weighted by molar-refractivity contribution is 0.405. The fourth-order valence-electron chi connectivity index (χ4n) is 0.847. The van der Waals surface area contributed by atoms with Crippen LogP contribution in [0.4, 0.5) is 5.82 Å². The molecule has 0 aliphatic rings. The minimum absolute atomic E-state index is 0.158. The third kappa shape index (κ3) is 2.58. The van der Waals surface area contributed by atoms with Gasteiger partial charge in [-0.15, -0.1) is 0 Å². The van der Waals surface area contributed by atoms with Crippen LogP contribution in [0.2, 0.25) is 0 Å². The lowest BCUT2D eigenvalue weighted by Gasteiger charge is -2.22. The number of rotatable bonds is 4. The molecular formula is C9H17N3. The molecule has 0 aliphatic heterocycles. The molecule has 0 atom stereocenters. The molecule has 1 heterocycles. The molecule has 0 fully saturated rings. The van der Waals surface area contributed by atoms with Gasteiger partial charge >= 0.3 is 0 Å². The first-order chi connectivity index (χ1) is 5.64. The van der Waals surface area contributed by atoms with Gasteiger partial charge in [0.05, 0.1) is 0 Å². The van der Waals surface area contributed by atoms with Crippen molar-refractivity contribution in [2.24, 2.45) is 11.1 Å². The molecule has 1 rings (SSSR count). The molecule has 4 N–H and O–H groups in total. The SMILES string of the molecule is CC(C)(CN)CNc1ccc[nH]1. The molecule has 0 unspecified atom stereocenters. The fraction of sp³-hybridized carbons (Fsp3) is 0.556. The first-order valence-corrected chi connectivity index (χ1v) is 4.21. The molecule has 0 saturated carbocycles. The molecule has 0 radical (unpaired) electrons. The molecule has 0 saturated heterocycles. The van der Waals surface area contributed by atoms with E-state index in [9.17, 15) is 0 Å². The third-order valence-corrected chi connectivity index (χ3v) is 1.91. The standard InChI is InChI=1S/C9H17N3/c1-9(2,6-10)7-12-8-4-3-5-11-8/h3-5,11-12H,6-7,10H2,1-2H3. The first kappa shape index (κ1) is 9.13. The zero-order chi connectivity index (χ0) is 9.03. The van der Waals surface area contributed by atoms with Crippen LogP contribution in [-0.2, 0) is 0 Å². The summed E-state index contributed by atoms with van der Waals surface area (Å²) in [4.78, 5) is 3.08. The number of aromatic nitrogens is 1. The van der Waals surface area contributed by atoms with E-state index in [-0.39, 0.29) is 5.41 Å². The van der Waals surface area contributed by atoms with Crippen LogP contribution in [0, 0.1) is 5.41 Å². The summed E-state index contributed by atoms with van der Waals surface area (Å²) in [7, 11) is 0. The summed E-state index contributed by atoms with van der Waals surface area (Å²) in [5, 5.41) is 3.28. The van der Waals surface area contributed by atoms with Crippen molar-refractivity contribution < 1.29 is 0 Å². The summed E-state index contributed by atoms with van der Waals surface area (Å²) >= 11 is 0. The Balaban J connectivity index is 2.36. The molecule has 3 nitrogen and oxygen atoms in total. The maximum Gasteiger partial charge on any atom is 0.103 e. The highest BCUT2D eigenvalue weighted by Crippen LogP contribution is 2.13.